The number of nitrogens with zero attached hydrogens (tertiary/aromatic N) is 1. The van der Waals surface area contributed by atoms with Crippen molar-refractivity contribution in [2.45, 2.75) is 51.0 Å². The molecule has 1 aromatic heterocycles. The minimum absolute atomic E-state index is 0.319. The molecule has 1 heterocycles. The van der Waals surface area contributed by atoms with Crippen LogP contribution in [0.15, 0.2) is 18.2 Å². The van der Waals surface area contributed by atoms with Crippen LogP contribution in [-0.2, 0) is 5.54 Å². The highest BCUT2D eigenvalue weighted by Crippen LogP contribution is 2.59. The van der Waals surface area contributed by atoms with Gasteiger partial charge in [0.05, 0.1) is 11.0 Å². The third kappa shape index (κ3) is 1.67. The first-order chi connectivity index (χ1) is 10.1. The van der Waals surface area contributed by atoms with E-state index in [1.807, 2.05) is 0 Å². The molecule has 0 amide bonds. The number of imidazole rings is 1. The number of hydrogen-bond acceptors (Lipinski definition) is 1. The molecule has 1 N–H and O–H groups in total. The van der Waals surface area contributed by atoms with Gasteiger partial charge in [-0.15, -0.1) is 0 Å². The van der Waals surface area contributed by atoms with Gasteiger partial charge >= 0.3 is 0 Å². The zero-order chi connectivity index (χ0) is 14.2. The maximum atomic E-state index is 5.74. The molecule has 1 aromatic carbocycles. The second kappa shape index (κ2) is 4.01. The van der Waals surface area contributed by atoms with E-state index in [2.05, 4.69) is 34.7 Å². The fourth-order valence-electron chi connectivity index (χ4n) is 6.04. The average molecular weight is 298 g/mol. The van der Waals surface area contributed by atoms with Crippen molar-refractivity contribution in [2.75, 3.05) is 0 Å². The first-order valence-corrected chi connectivity index (χ1v) is 8.76. The molecule has 0 radical (unpaired) electrons. The van der Waals surface area contributed by atoms with Gasteiger partial charge in [-0.3, -0.25) is 0 Å². The van der Waals surface area contributed by atoms with Gasteiger partial charge in [0, 0.05) is 5.54 Å². The summed E-state index contributed by atoms with van der Waals surface area (Å²) in [6.07, 6.45) is 8.51. The maximum absolute atomic E-state index is 5.74. The third-order valence-electron chi connectivity index (χ3n) is 6.32. The van der Waals surface area contributed by atoms with Gasteiger partial charge in [-0.1, -0.05) is 6.07 Å². The molecule has 3 heteroatoms. The molecular weight excluding hydrogens is 276 g/mol. The van der Waals surface area contributed by atoms with E-state index >= 15 is 0 Å². The predicted molar refractivity (Wildman–Crippen MR) is 88.0 cm³/mol. The molecule has 0 saturated heterocycles. The van der Waals surface area contributed by atoms with Gasteiger partial charge in [0.15, 0.2) is 4.77 Å². The van der Waals surface area contributed by atoms with E-state index in [0.717, 1.165) is 22.5 Å². The SMILES string of the molecule is Cc1ccc2c(c1)[nH]c(=S)n2C12CC3CC(CC(C3)C1)C2. The van der Waals surface area contributed by atoms with Crippen LogP contribution in [0.25, 0.3) is 11.0 Å². The number of H-pyrrole nitrogens is 1. The summed E-state index contributed by atoms with van der Waals surface area (Å²) < 4.78 is 3.46. The highest BCUT2D eigenvalue weighted by atomic mass is 32.1. The van der Waals surface area contributed by atoms with Crippen LogP contribution in [0.1, 0.15) is 44.1 Å². The topological polar surface area (TPSA) is 20.7 Å². The highest BCUT2D eigenvalue weighted by Gasteiger charge is 2.52. The summed E-state index contributed by atoms with van der Waals surface area (Å²) >= 11 is 5.74. The Hall–Kier alpha value is -1.09. The number of rotatable bonds is 1. The van der Waals surface area contributed by atoms with Gasteiger partial charge in [0.1, 0.15) is 0 Å². The fourth-order valence-corrected chi connectivity index (χ4v) is 6.44. The lowest BCUT2D eigenvalue weighted by atomic mass is 9.53. The quantitative estimate of drug-likeness (QED) is 0.740. The van der Waals surface area contributed by atoms with Crippen molar-refractivity contribution in [3.63, 3.8) is 0 Å². The summed E-state index contributed by atoms with van der Waals surface area (Å²) in [5.74, 6) is 2.86. The van der Waals surface area contributed by atoms with E-state index < -0.39 is 0 Å². The Kier molecular flexibility index (Phi) is 2.38. The van der Waals surface area contributed by atoms with E-state index in [4.69, 9.17) is 12.2 Å². The number of hydrogen-bond donors (Lipinski definition) is 1. The van der Waals surface area contributed by atoms with Crippen molar-refractivity contribution in [1.82, 2.24) is 9.55 Å². The smallest absolute Gasteiger partial charge is 0.178 e. The number of fused-ring (bicyclic) bond motifs is 1. The predicted octanol–water partition coefficient (Wildman–Crippen LogP) is 4.93. The van der Waals surface area contributed by atoms with Gasteiger partial charge in [-0.2, -0.15) is 0 Å². The average Bonchev–Trinajstić information content (AvgIpc) is 2.72. The Balaban J connectivity index is 1.74. The zero-order valence-electron chi connectivity index (χ0n) is 12.6. The lowest BCUT2D eigenvalue weighted by Gasteiger charge is -2.57. The molecule has 4 fully saturated rings. The summed E-state index contributed by atoms with van der Waals surface area (Å²) in [4.78, 5) is 3.47. The molecule has 0 aliphatic heterocycles. The van der Waals surface area contributed by atoms with Crippen LogP contribution < -0.4 is 0 Å². The number of nitrogens with one attached hydrogen (secondary N) is 1. The molecule has 4 bridgehead atoms. The second-order valence-electron chi connectivity index (χ2n) is 7.93. The lowest BCUT2D eigenvalue weighted by Crippen LogP contribution is -2.51. The first kappa shape index (κ1) is 12.5. The van der Waals surface area contributed by atoms with E-state index in [1.165, 1.54) is 55.1 Å². The van der Waals surface area contributed by atoms with Crippen molar-refractivity contribution in [3.05, 3.63) is 28.5 Å². The molecule has 21 heavy (non-hydrogen) atoms. The van der Waals surface area contributed by atoms with Crippen molar-refractivity contribution in [2.24, 2.45) is 17.8 Å². The first-order valence-electron chi connectivity index (χ1n) is 8.35. The van der Waals surface area contributed by atoms with Gasteiger partial charge in [0.2, 0.25) is 0 Å². The van der Waals surface area contributed by atoms with Crippen LogP contribution in [-0.4, -0.2) is 9.55 Å². The Morgan fingerprint density at radius 2 is 1.71 bits per heavy atom. The fraction of sp³-hybridized carbons (Fsp3) is 0.611. The Morgan fingerprint density at radius 1 is 1.10 bits per heavy atom. The van der Waals surface area contributed by atoms with Crippen LogP contribution in [0.5, 0.6) is 0 Å². The number of aromatic nitrogens is 2. The molecule has 2 nitrogen and oxygen atoms in total. The second-order valence-corrected chi connectivity index (χ2v) is 8.31. The largest absolute Gasteiger partial charge is 0.331 e. The minimum Gasteiger partial charge on any atom is -0.331 e. The molecule has 0 atom stereocenters. The Labute approximate surface area is 130 Å². The molecule has 4 aliphatic carbocycles. The van der Waals surface area contributed by atoms with E-state index in [1.54, 1.807) is 0 Å². The van der Waals surface area contributed by atoms with Gasteiger partial charge < -0.3 is 9.55 Å². The standard InChI is InChI=1S/C18H22N2S/c1-11-2-3-16-15(4-11)19-17(21)20(16)18-8-12-5-13(9-18)7-14(6-12)10-18/h2-4,12-14H,5-10H2,1H3,(H,19,21). The van der Waals surface area contributed by atoms with Crippen LogP contribution in [0, 0.1) is 29.4 Å². The van der Waals surface area contributed by atoms with Crippen molar-refractivity contribution < 1.29 is 0 Å². The molecule has 2 aromatic rings. The van der Waals surface area contributed by atoms with Crippen LogP contribution in [0.4, 0.5) is 0 Å². The number of aromatic amines is 1. The van der Waals surface area contributed by atoms with Gasteiger partial charge in [-0.05, 0) is 93.1 Å². The Morgan fingerprint density at radius 3 is 2.33 bits per heavy atom. The van der Waals surface area contributed by atoms with Crippen LogP contribution in [0.2, 0.25) is 0 Å². The molecule has 4 aliphatic rings. The summed E-state index contributed by atoms with van der Waals surface area (Å²) in [7, 11) is 0. The van der Waals surface area contributed by atoms with Crippen molar-refractivity contribution in [3.8, 4) is 0 Å². The van der Waals surface area contributed by atoms with E-state index in [-0.39, 0.29) is 0 Å². The molecule has 6 rings (SSSR count). The lowest BCUT2D eigenvalue weighted by molar-refractivity contribution is -0.0416. The van der Waals surface area contributed by atoms with Crippen molar-refractivity contribution >= 4 is 23.3 Å². The molecule has 0 unspecified atom stereocenters. The summed E-state index contributed by atoms with van der Waals surface area (Å²) in [6.45, 7) is 2.15. The van der Waals surface area contributed by atoms with Gasteiger partial charge in [0.25, 0.3) is 0 Å². The van der Waals surface area contributed by atoms with E-state index in [0.29, 0.717) is 5.54 Å². The number of benzene rings is 1. The molecule has 4 saturated carbocycles. The Bertz CT molecular complexity index is 747. The van der Waals surface area contributed by atoms with Gasteiger partial charge in [-0.25, -0.2) is 0 Å². The normalized spacial score (nSPS) is 37.5. The number of aryl methyl sites for hydroxylation is 1. The van der Waals surface area contributed by atoms with Crippen LogP contribution >= 0.6 is 12.2 Å². The summed E-state index contributed by atoms with van der Waals surface area (Å²) in [5, 5.41) is 0. The zero-order valence-corrected chi connectivity index (χ0v) is 13.4. The minimum atomic E-state index is 0.319. The molecular formula is C18H22N2S. The summed E-state index contributed by atoms with van der Waals surface area (Å²) in [5.41, 5.74) is 4.17. The molecule has 110 valence electrons. The highest BCUT2D eigenvalue weighted by molar-refractivity contribution is 7.71. The van der Waals surface area contributed by atoms with Crippen LogP contribution in [0.3, 0.4) is 0 Å². The summed E-state index contributed by atoms with van der Waals surface area (Å²) in [6, 6.07) is 6.74. The molecule has 0 spiro atoms. The van der Waals surface area contributed by atoms with E-state index in [9.17, 15) is 0 Å². The van der Waals surface area contributed by atoms with Crippen molar-refractivity contribution in [1.29, 1.82) is 0 Å². The maximum Gasteiger partial charge on any atom is 0.178 e. The monoisotopic (exact) mass is 298 g/mol. The third-order valence-corrected chi connectivity index (χ3v) is 6.60.